The Morgan fingerprint density at radius 2 is 1.84 bits per heavy atom. The molecule has 1 saturated heterocycles. The summed E-state index contributed by atoms with van der Waals surface area (Å²) < 4.78 is 5.71. The Kier molecular flexibility index (Phi) is 10.7. The van der Waals surface area contributed by atoms with E-state index in [-0.39, 0.29) is 6.42 Å². The molecule has 1 N–H and O–H groups in total. The van der Waals surface area contributed by atoms with Crippen molar-refractivity contribution in [1.82, 2.24) is 0 Å². The van der Waals surface area contributed by atoms with Crippen LogP contribution in [0.15, 0.2) is 12.2 Å². The number of ether oxygens (including phenoxy) is 1. The molecule has 3 nitrogen and oxygen atoms in total. The fourth-order valence-corrected chi connectivity index (χ4v) is 5.34. The van der Waals surface area contributed by atoms with Gasteiger partial charge in [0.1, 0.15) is 0 Å². The fraction of sp³-hybridized carbons (Fsp3) is 0.857. The lowest BCUT2D eigenvalue weighted by Crippen LogP contribution is -2.12. The zero-order valence-corrected chi connectivity index (χ0v) is 16.5. The van der Waals surface area contributed by atoms with Crippen molar-refractivity contribution in [2.75, 3.05) is 19.0 Å². The summed E-state index contributed by atoms with van der Waals surface area (Å²) in [6.07, 6.45) is 18.6. The summed E-state index contributed by atoms with van der Waals surface area (Å²) in [5.41, 5.74) is 0. The van der Waals surface area contributed by atoms with Gasteiger partial charge in [0, 0.05) is 18.3 Å². The minimum Gasteiger partial charge on any atom is -0.481 e. The Balaban J connectivity index is 1.50. The van der Waals surface area contributed by atoms with E-state index in [4.69, 9.17) is 9.84 Å². The van der Waals surface area contributed by atoms with E-state index in [9.17, 15) is 4.79 Å². The first-order chi connectivity index (χ1) is 12.3. The van der Waals surface area contributed by atoms with Crippen LogP contribution in [0.1, 0.15) is 77.0 Å². The SMILES string of the molecule is O=C(O)CCCC=CC[C@H]1COC[C@H]1CCCCSC1CCCCC1. The van der Waals surface area contributed by atoms with Gasteiger partial charge in [-0.15, -0.1) is 0 Å². The molecule has 0 unspecified atom stereocenters. The molecule has 1 saturated carbocycles. The molecule has 25 heavy (non-hydrogen) atoms. The molecule has 144 valence electrons. The molecule has 1 heterocycles. The predicted octanol–water partition coefficient (Wildman–Crippen LogP) is 5.69. The van der Waals surface area contributed by atoms with E-state index < -0.39 is 5.97 Å². The third-order valence-electron chi connectivity index (χ3n) is 5.57. The molecule has 2 rings (SSSR count). The fourth-order valence-electron chi connectivity index (χ4n) is 3.97. The van der Waals surface area contributed by atoms with Gasteiger partial charge in [-0.25, -0.2) is 0 Å². The second-order valence-electron chi connectivity index (χ2n) is 7.68. The molecule has 1 aliphatic carbocycles. The summed E-state index contributed by atoms with van der Waals surface area (Å²) in [5, 5.41) is 9.58. The molecule has 2 atom stereocenters. The molecule has 0 bridgehead atoms. The number of carboxylic acids is 1. The van der Waals surface area contributed by atoms with E-state index in [0.717, 1.165) is 43.6 Å². The summed E-state index contributed by atoms with van der Waals surface area (Å²) in [5.74, 6) is 2.04. The maximum Gasteiger partial charge on any atom is 0.303 e. The van der Waals surface area contributed by atoms with Gasteiger partial charge in [0.15, 0.2) is 0 Å². The Hall–Kier alpha value is -0.480. The normalized spacial score (nSPS) is 25.0. The molecule has 0 aromatic rings. The third-order valence-corrected chi connectivity index (χ3v) is 7.04. The molecule has 2 aliphatic rings. The molecule has 0 amide bonds. The Bertz CT molecular complexity index is 391. The Morgan fingerprint density at radius 3 is 2.64 bits per heavy atom. The number of rotatable bonds is 12. The highest BCUT2D eigenvalue weighted by Gasteiger charge is 2.26. The highest BCUT2D eigenvalue weighted by molar-refractivity contribution is 7.99. The predicted molar refractivity (Wildman–Crippen MR) is 106 cm³/mol. The Morgan fingerprint density at radius 1 is 1.04 bits per heavy atom. The number of carboxylic acid groups (broad SMARTS) is 1. The first-order valence-corrected chi connectivity index (χ1v) is 11.4. The lowest BCUT2D eigenvalue weighted by atomic mass is 9.88. The summed E-state index contributed by atoms with van der Waals surface area (Å²) in [7, 11) is 0. The van der Waals surface area contributed by atoms with Gasteiger partial charge in [-0.1, -0.05) is 37.8 Å². The van der Waals surface area contributed by atoms with Gasteiger partial charge in [0.05, 0.1) is 6.61 Å². The number of unbranched alkanes of at least 4 members (excludes halogenated alkanes) is 2. The summed E-state index contributed by atoms with van der Waals surface area (Å²) >= 11 is 2.22. The summed E-state index contributed by atoms with van der Waals surface area (Å²) in [6, 6.07) is 0. The van der Waals surface area contributed by atoms with Crippen LogP contribution in [0.3, 0.4) is 0 Å². The van der Waals surface area contributed by atoms with Crippen molar-refractivity contribution in [2.24, 2.45) is 11.8 Å². The molecule has 0 aromatic heterocycles. The number of aliphatic carboxylic acids is 1. The van der Waals surface area contributed by atoms with Crippen LogP contribution in [0.4, 0.5) is 0 Å². The van der Waals surface area contributed by atoms with E-state index in [1.54, 1.807) is 0 Å². The second-order valence-corrected chi connectivity index (χ2v) is 9.09. The van der Waals surface area contributed by atoms with Crippen LogP contribution in [-0.4, -0.2) is 35.3 Å². The average molecular weight is 369 g/mol. The van der Waals surface area contributed by atoms with Crippen LogP contribution in [0.25, 0.3) is 0 Å². The third kappa shape index (κ3) is 9.14. The second kappa shape index (κ2) is 12.8. The van der Waals surface area contributed by atoms with Gasteiger partial charge in [-0.05, 0) is 62.5 Å². The van der Waals surface area contributed by atoms with E-state index in [2.05, 4.69) is 23.9 Å². The lowest BCUT2D eigenvalue weighted by Gasteiger charge is -2.21. The molecule has 4 heteroatoms. The minimum absolute atomic E-state index is 0.276. The Labute approximate surface area is 158 Å². The van der Waals surface area contributed by atoms with Crippen molar-refractivity contribution in [1.29, 1.82) is 0 Å². The van der Waals surface area contributed by atoms with Gasteiger partial charge in [-0.2, -0.15) is 11.8 Å². The summed E-state index contributed by atoms with van der Waals surface area (Å²) in [4.78, 5) is 10.5. The van der Waals surface area contributed by atoms with Crippen LogP contribution in [0.2, 0.25) is 0 Å². The van der Waals surface area contributed by atoms with Crippen LogP contribution in [-0.2, 0) is 9.53 Å². The smallest absolute Gasteiger partial charge is 0.303 e. The van der Waals surface area contributed by atoms with Crippen molar-refractivity contribution in [3.63, 3.8) is 0 Å². The van der Waals surface area contributed by atoms with Crippen molar-refractivity contribution in [3.05, 3.63) is 12.2 Å². The highest BCUT2D eigenvalue weighted by atomic mass is 32.2. The zero-order valence-electron chi connectivity index (χ0n) is 15.7. The molecular weight excluding hydrogens is 332 g/mol. The monoisotopic (exact) mass is 368 g/mol. The zero-order chi connectivity index (χ0) is 17.7. The molecule has 1 aliphatic heterocycles. The average Bonchev–Trinajstić information content (AvgIpc) is 3.06. The maximum absolute atomic E-state index is 10.5. The molecular formula is C21H36O3S. The quantitative estimate of drug-likeness (QED) is 0.355. The lowest BCUT2D eigenvalue weighted by molar-refractivity contribution is -0.137. The van der Waals surface area contributed by atoms with Crippen molar-refractivity contribution in [3.8, 4) is 0 Å². The van der Waals surface area contributed by atoms with Crippen molar-refractivity contribution >= 4 is 17.7 Å². The van der Waals surface area contributed by atoms with Crippen LogP contribution in [0.5, 0.6) is 0 Å². The van der Waals surface area contributed by atoms with Gasteiger partial charge in [0.2, 0.25) is 0 Å². The van der Waals surface area contributed by atoms with Gasteiger partial charge < -0.3 is 9.84 Å². The highest BCUT2D eigenvalue weighted by Crippen LogP contribution is 2.31. The minimum atomic E-state index is -0.695. The summed E-state index contributed by atoms with van der Waals surface area (Å²) in [6.45, 7) is 1.84. The molecule has 0 aromatic carbocycles. The van der Waals surface area contributed by atoms with E-state index in [1.165, 1.54) is 57.1 Å². The first-order valence-electron chi connectivity index (χ1n) is 10.3. The maximum atomic E-state index is 10.5. The number of allylic oxidation sites excluding steroid dienone is 2. The van der Waals surface area contributed by atoms with Crippen LogP contribution < -0.4 is 0 Å². The molecule has 2 fully saturated rings. The van der Waals surface area contributed by atoms with E-state index in [0.29, 0.717) is 5.92 Å². The van der Waals surface area contributed by atoms with Crippen LogP contribution in [0, 0.1) is 11.8 Å². The first kappa shape index (κ1) is 20.8. The number of hydrogen-bond donors (Lipinski definition) is 1. The van der Waals surface area contributed by atoms with Crippen molar-refractivity contribution < 1.29 is 14.6 Å². The number of thioether (sulfide) groups is 1. The van der Waals surface area contributed by atoms with Gasteiger partial charge in [-0.3, -0.25) is 4.79 Å². The van der Waals surface area contributed by atoms with Crippen molar-refractivity contribution in [2.45, 2.75) is 82.3 Å². The van der Waals surface area contributed by atoms with E-state index in [1.807, 2.05) is 0 Å². The van der Waals surface area contributed by atoms with Gasteiger partial charge in [0.25, 0.3) is 0 Å². The largest absolute Gasteiger partial charge is 0.481 e. The van der Waals surface area contributed by atoms with Crippen LogP contribution >= 0.6 is 11.8 Å². The molecule has 0 spiro atoms. The topological polar surface area (TPSA) is 46.5 Å². The standard InChI is InChI=1S/C21H36O3S/c22-21(23)14-7-2-1-4-10-18-16-24-17-19(18)11-8-9-15-25-20-12-5-3-6-13-20/h1,4,18-20H,2-3,5-17H2,(H,22,23)/t18-,19+/m0/s1. The number of carbonyl (C=O) groups is 1. The van der Waals surface area contributed by atoms with Gasteiger partial charge >= 0.3 is 5.97 Å². The van der Waals surface area contributed by atoms with E-state index >= 15 is 0 Å². The number of hydrogen-bond acceptors (Lipinski definition) is 3. The molecule has 0 radical (unpaired) electrons.